The van der Waals surface area contributed by atoms with E-state index in [2.05, 4.69) is 0 Å². The predicted molar refractivity (Wildman–Crippen MR) is 89.6 cm³/mol. The maximum absolute atomic E-state index is 12.9. The van der Waals surface area contributed by atoms with E-state index in [0.29, 0.717) is 17.1 Å². The van der Waals surface area contributed by atoms with Gasteiger partial charge in [0.25, 0.3) is 0 Å². The zero-order valence-corrected chi connectivity index (χ0v) is 15.0. The Morgan fingerprint density at radius 1 is 1.38 bits per heavy atom. The minimum Gasteiger partial charge on any atom is -0.326 e. The molecule has 1 heterocycles. The van der Waals surface area contributed by atoms with Gasteiger partial charge in [0.2, 0.25) is 10.0 Å². The van der Waals surface area contributed by atoms with Crippen LogP contribution in [0, 0.1) is 0 Å². The van der Waals surface area contributed by atoms with Gasteiger partial charge in [0.15, 0.2) is 0 Å². The highest BCUT2D eigenvalue weighted by Crippen LogP contribution is 2.35. The molecule has 0 aromatic heterocycles. The lowest BCUT2D eigenvalue weighted by Gasteiger charge is -2.36. The smallest absolute Gasteiger partial charge is 0.244 e. The van der Waals surface area contributed by atoms with Gasteiger partial charge in [-0.2, -0.15) is 16.1 Å². The van der Waals surface area contributed by atoms with E-state index in [1.807, 2.05) is 13.8 Å². The Bertz CT molecular complexity index is 637. The van der Waals surface area contributed by atoms with Gasteiger partial charge in [-0.3, -0.25) is 0 Å². The topological polar surface area (TPSA) is 63.4 Å². The second-order valence-corrected chi connectivity index (χ2v) is 9.17. The van der Waals surface area contributed by atoms with E-state index >= 15 is 0 Å². The molecule has 118 valence electrons. The van der Waals surface area contributed by atoms with Gasteiger partial charge in [0.1, 0.15) is 4.90 Å². The summed E-state index contributed by atoms with van der Waals surface area (Å²) >= 11 is 14.0. The number of rotatable bonds is 3. The van der Waals surface area contributed by atoms with Gasteiger partial charge in [0.05, 0.1) is 5.02 Å². The van der Waals surface area contributed by atoms with Crippen molar-refractivity contribution in [3.8, 4) is 0 Å². The standard InChI is InChI=1S/C13H18Cl2N2O2S2/c1-8-9(2)20-4-3-17(8)21(18,19)12-6-11(14)5-10(7-16)13(12)15/h5-6,8-9H,3-4,7,16H2,1-2H3. The number of hydrogen-bond acceptors (Lipinski definition) is 4. The first kappa shape index (κ1) is 17.4. The van der Waals surface area contributed by atoms with Crippen molar-refractivity contribution in [3.63, 3.8) is 0 Å². The van der Waals surface area contributed by atoms with Crippen LogP contribution in [0.25, 0.3) is 0 Å². The minimum atomic E-state index is -3.68. The summed E-state index contributed by atoms with van der Waals surface area (Å²) in [6.07, 6.45) is 0. The van der Waals surface area contributed by atoms with E-state index in [1.54, 1.807) is 17.8 Å². The van der Waals surface area contributed by atoms with Crippen molar-refractivity contribution >= 4 is 45.0 Å². The molecule has 0 saturated carbocycles. The van der Waals surface area contributed by atoms with Crippen LogP contribution in [0.4, 0.5) is 0 Å². The first-order valence-corrected chi connectivity index (χ1v) is 9.85. The van der Waals surface area contributed by atoms with Gasteiger partial charge in [-0.1, -0.05) is 30.1 Å². The van der Waals surface area contributed by atoms with Crippen LogP contribution in [-0.4, -0.2) is 36.3 Å². The van der Waals surface area contributed by atoms with E-state index in [1.165, 1.54) is 10.4 Å². The molecule has 21 heavy (non-hydrogen) atoms. The first-order valence-electron chi connectivity index (χ1n) is 6.60. The van der Waals surface area contributed by atoms with Crippen LogP contribution in [0.1, 0.15) is 19.4 Å². The maximum atomic E-state index is 12.9. The summed E-state index contributed by atoms with van der Waals surface area (Å²) in [5.74, 6) is 0.771. The molecule has 2 rings (SSSR count). The van der Waals surface area contributed by atoms with Crippen LogP contribution in [0.3, 0.4) is 0 Å². The lowest BCUT2D eigenvalue weighted by atomic mass is 10.2. The van der Waals surface area contributed by atoms with E-state index in [9.17, 15) is 8.42 Å². The van der Waals surface area contributed by atoms with Crippen molar-refractivity contribution in [1.82, 2.24) is 4.31 Å². The molecule has 1 saturated heterocycles. The van der Waals surface area contributed by atoms with Crippen molar-refractivity contribution in [1.29, 1.82) is 0 Å². The Morgan fingerprint density at radius 3 is 2.67 bits per heavy atom. The van der Waals surface area contributed by atoms with Crippen LogP contribution >= 0.6 is 35.0 Å². The second kappa shape index (κ2) is 6.64. The third-order valence-electron chi connectivity index (χ3n) is 3.71. The number of benzene rings is 1. The van der Waals surface area contributed by atoms with Gasteiger partial charge in [-0.15, -0.1) is 0 Å². The van der Waals surface area contributed by atoms with Crippen LogP contribution in [0.2, 0.25) is 10.0 Å². The number of hydrogen-bond donors (Lipinski definition) is 1. The molecule has 0 amide bonds. The highest BCUT2D eigenvalue weighted by atomic mass is 35.5. The molecule has 0 bridgehead atoms. The number of nitrogens with two attached hydrogens (primary N) is 1. The Labute approximate surface area is 140 Å². The van der Waals surface area contributed by atoms with Crippen molar-refractivity contribution in [2.45, 2.75) is 36.6 Å². The van der Waals surface area contributed by atoms with Crippen LogP contribution in [-0.2, 0) is 16.6 Å². The summed E-state index contributed by atoms with van der Waals surface area (Å²) in [6.45, 7) is 4.56. The van der Waals surface area contributed by atoms with Crippen molar-refractivity contribution < 1.29 is 8.42 Å². The highest BCUT2D eigenvalue weighted by Gasteiger charge is 2.36. The van der Waals surface area contributed by atoms with E-state index in [4.69, 9.17) is 28.9 Å². The number of sulfonamides is 1. The molecule has 2 unspecified atom stereocenters. The Morgan fingerprint density at radius 2 is 2.05 bits per heavy atom. The number of thioether (sulfide) groups is 1. The van der Waals surface area contributed by atoms with Crippen molar-refractivity contribution in [2.24, 2.45) is 5.73 Å². The maximum Gasteiger partial charge on any atom is 0.244 e. The van der Waals surface area contributed by atoms with Gasteiger partial charge in [0, 0.05) is 35.2 Å². The zero-order chi connectivity index (χ0) is 15.8. The summed E-state index contributed by atoms with van der Waals surface area (Å²) in [6, 6.07) is 2.91. The predicted octanol–water partition coefficient (Wildman–Crippen LogP) is 2.97. The van der Waals surface area contributed by atoms with Crippen molar-refractivity contribution in [2.75, 3.05) is 12.3 Å². The molecule has 1 aromatic carbocycles. The number of halogens is 2. The summed E-state index contributed by atoms with van der Waals surface area (Å²) in [7, 11) is -3.68. The molecule has 8 heteroatoms. The monoisotopic (exact) mass is 368 g/mol. The van der Waals surface area contributed by atoms with Gasteiger partial charge < -0.3 is 5.73 Å². The molecular formula is C13H18Cl2N2O2S2. The van der Waals surface area contributed by atoms with Gasteiger partial charge in [-0.25, -0.2) is 8.42 Å². The molecule has 1 aliphatic heterocycles. The summed E-state index contributed by atoms with van der Waals surface area (Å²) < 4.78 is 27.3. The first-order chi connectivity index (χ1) is 9.78. The molecule has 1 aliphatic rings. The molecule has 2 N–H and O–H groups in total. The Balaban J connectivity index is 2.51. The lowest BCUT2D eigenvalue weighted by Crippen LogP contribution is -2.47. The molecule has 1 fully saturated rings. The fourth-order valence-corrected chi connectivity index (χ4v) is 6.24. The lowest BCUT2D eigenvalue weighted by molar-refractivity contribution is 0.340. The van der Waals surface area contributed by atoms with Crippen LogP contribution in [0.15, 0.2) is 17.0 Å². The van der Waals surface area contributed by atoms with E-state index < -0.39 is 10.0 Å². The SMILES string of the molecule is CC1SCCN(S(=O)(=O)c2cc(Cl)cc(CN)c2Cl)C1C. The fraction of sp³-hybridized carbons (Fsp3) is 0.538. The Hall–Kier alpha value is 0.0200. The average molecular weight is 369 g/mol. The molecule has 1 aromatic rings. The molecule has 0 spiro atoms. The van der Waals surface area contributed by atoms with Crippen molar-refractivity contribution in [3.05, 3.63) is 27.7 Å². The van der Waals surface area contributed by atoms with Crippen LogP contribution < -0.4 is 5.73 Å². The molecule has 2 atom stereocenters. The quantitative estimate of drug-likeness (QED) is 0.890. The van der Waals surface area contributed by atoms with Crippen LogP contribution in [0.5, 0.6) is 0 Å². The summed E-state index contributed by atoms with van der Waals surface area (Å²) in [5.41, 5.74) is 6.14. The second-order valence-electron chi connectivity index (χ2n) is 5.01. The molecule has 4 nitrogen and oxygen atoms in total. The van der Waals surface area contributed by atoms with Gasteiger partial charge in [-0.05, 0) is 24.6 Å². The summed E-state index contributed by atoms with van der Waals surface area (Å²) in [4.78, 5) is 0.0445. The van der Waals surface area contributed by atoms with Gasteiger partial charge >= 0.3 is 0 Å². The van der Waals surface area contributed by atoms with E-state index in [0.717, 1.165) is 5.75 Å². The highest BCUT2D eigenvalue weighted by molar-refractivity contribution is 8.00. The third-order valence-corrected chi connectivity index (χ3v) is 7.84. The summed E-state index contributed by atoms with van der Waals surface area (Å²) in [5, 5.41) is 0.728. The zero-order valence-electron chi connectivity index (χ0n) is 11.8. The number of nitrogens with zero attached hydrogens (tertiary/aromatic N) is 1. The minimum absolute atomic E-state index is 0.0445. The molecule has 0 radical (unpaired) electrons. The fourth-order valence-electron chi connectivity index (χ4n) is 2.33. The molecule has 0 aliphatic carbocycles. The Kier molecular flexibility index (Phi) is 5.50. The third kappa shape index (κ3) is 3.35. The molecular weight excluding hydrogens is 351 g/mol. The normalized spacial score (nSPS) is 24.2. The average Bonchev–Trinajstić information content (AvgIpc) is 2.43. The largest absolute Gasteiger partial charge is 0.326 e. The van der Waals surface area contributed by atoms with E-state index in [-0.39, 0.29) is 27.8 Å².